The fourth-order valence-electron chi connectivity index (χ4n) is 7.87. The Labute approximate surface area is 556 Å². The summed E-state index contributed by atoms with van der Waals surface area (Å²) >= 11 is 0. The molecule has 9 rings (SSSR count). The number of Topliss-reactive ketones (excluding diaryl/α,β-unsaturated/α-hetero) is 1. The number of nitrogens with zero attached hydrogens (tertiary/aromatic N) is 21. The van der Waals surface area contributed by atoms with Gasteiger partial charge in [-0.2, -0.15) is 0 Å². The fourth-order valence-corrected chi connectivity index (χ4v) is 7.87. The first-order chi connectivity index (χ1) is 44.2. The topological polar surface area (TPSA) is 421 Å². The van der Waals surface area contributed by atoms with E-state index < -0.39 is 55.3 Å². The van der Waals surface area contributed by atoms with Crippen molar-refractivity contribution in [2.75, 3.05) is 14.3 Å². The van der Waals surface area contributed by atoms with E-state index in [0.717, 1.165) is 28.1 Å². The van der Waals surface area contributed by atoms with Crippen molar-refractivity contribution in [2.24, 2.45) is 0 Å². The van der Waals surface area contributed by atoms with Crippen LogP contribution in [0.5, 0.6) is 0 Å². The largest absolute Gasteiger partial charge is 1.00 e. The maximum absolute atomic E-state index is 14.3. The predicted molar refractivity (Wildman–Crippen MR) is 324 cm³/mol. The van der Waals surface area contributed by atoms with Gasteiger partial charge in [-0.3, -0.25) is 52.6 Å². The average molecular weight is 1320 g/mol. The standard InChI is InChI=1S/C19H23FN8O2.C18H21FN8O3.C17H19FN8O3.CH3F.2CH4.Li.H2O/c1-3-18(29)16-11-27(25-23-16)7-5-14(20)10-28-12-17(24-26-28)19(30)22-9-15-8-13(2)4-6-21-15;1-12-3-5-20-14(7-12)8-21-17(28)15-10-27(25-22-15)9-13(19)4-6-26-11-16(23-24-26)18(29)30-2;1-11-2-4-19-13(6-11)7-20-16(27)14-9-26(24-21-14)8-12(18)3-5-25-10-15(17(28)29)22-23-25;1-2;;;;/h4,6,8,11-12,14H,3,5,7,9-10H2,1-2H3,(H,22,30);3,5,7,10-11,13H,4,6,8-9H2,1-2H3,(H,21,28);2,4,6,9-10,12H,3,5,7-8H2,1H3,(H,20,27)(H,28,29);1H3;2*1H4;;1H2/q;;;;;;+1;/p-1/i;;;1D;;;;. The summed E-state index contributed by atoms with van der Waals surface area (Å²) in [5.41, 5.74) is 5.71. The molecule has 0 saturated heterocycles. The zero-order valence-corrected chi connectivity index (χ0v) is 51.4. The molecule has 9 aromatic heterocycles. The molecule has 0 aliphatic heterocycles. The van der Waals surface area contributed by atoms with Gasteiger partial charge in [0, 0.05) is 63.9 Å². The molecule has 5 N–H and O–H groups in total. The molecule has 0 saturated carbocycles. The van der Waals surface area contributed by atoms with E-state index in [2.05, 4.69) is 97.5 Å². The first-order valence-corrected chi connectivity index (χ1v) is 27.8. The number of pyridine rings is 3. The number of carboxylic acid groups (broad SMARTS) is 1. The second-order valence-corrected chi connectivity index (χ2v) is 19.8. The van der Waals surface area contributed by atoms with Crippen molar-refractivity contribution >= 4 is 35.4 Å². The van der Waals surface area contributed by atoms with Crippen molar-refractivity contribution in [3.8, 4) is 0 Å². The molecule has 0 aliphatic carbocycles. The molecular weight excluding hydrogens is 1250 g/mol. The molecule has 0 radical (unpaired) electrons. The van der Waals surface area contributed by atoms with Gasteiger partial charge in [0.2, 0.25) is 0 Å². The third-order valence-electron chi connectivity index (χ3n) is 12.5. The Morgan fingerprint density at radius 3 is 1.11 bits per heavy atom. The summed E-state index contributed by atoms with van der Waals surface area (Å²) in [6.07, 6.45) is 10.2. The predicted octanol–water partition coefficient (Wildman–Crippen LogP) is 1.56. The number of alkyl halides is 4. The van der Waals surface area contributed by atoms with Crippen LogP contribution in [0.2, 0.25) is 0 Å². The number of ketones is 1. The van der Waals surface area contributed by atoms with Crippen LogP contribution >= 0.6 is 0 Å². The maximum Gasteiger partial charge on any atom is 1.00 e. The van der Waals surface area contributed by atoms with E-state index in [1.54, 1.807) is 25.5 Å². The Morgan fingerprint density at radius 2 is 0.800 bits per heavy atom. The smallest absolute Gasteiger partial charge is 0.870 e. The second kappa shape index (κ2) is 41.2. The van der Waals surface area contributed by atoms with Gasteiger partial charge in [0.25, 0.3) is 17.7 Å². The monoisotopic (exact) mass is 1320 g/mol. The number of ether oxygens (including phenoxy) is 1. The zero-order chi connectivity index (χ0) is 66.5. The number of nitrogens with one attached hydrogen (secondary N) is 3. The van der Waals surface area contributed by atoms with E-state index in [9.17, 15) is 46.3 Å². The molecule has 9 heterocycles. The maximum atomic E-state index is 14.3. The van der Waals surface area contributed by atoms with Crippen molar-refractivity contribution < 1.29 is 81.9 Å². The molecule has 506 valence electrons. The number of aryl methyl sites for hydroxylation is 6. The van der Waals surface area contributed by atoms with Gasteiger partial charge in [-0.1, -0.05) is 53.1 Å². The van der Waals surface area contributed by atoms with Gasteiger partial charge >= 0.3 is 30.8 Å². The molecule has 38 heteroatoms. The zero-order valence-electron chi connectivity index (χ0n) is 52.4. The van der Waals surface area contributed by atoms with Crippen LogP contribution < -0.4 is 34.8 Å². The van der Waals surface area contributed by atoms with Gasteiger partial charge in [-0.25, -0.2) is 36.8 Å². The number of esters is 1. The van der Waals surface area contributed by atoms with Gasteiger partial charge in [0.05, 0.1) is 109 Å². The third-order valence-corrected chi connectivity index (χ3v) is 12.5. The third kappa shape index (κ3) is 27.0. The molecule has 95 heavy (non-hydrogen) atoms. The Hall–Kier alpha value is -10.4. The van der Waals surface area contributed by atoms with Gasteiger partial charge in [-0.05, 0) is 73.9 Å². The summed E-state index contributed by atoms with van der Waals surface area (Å²) in [5, 5.41) is 61.7. The van der Waals surface area contributed by atoms with Crippen molar-refractivity contribution in [2.45, 2.75) is 146 Å². The van der Waals surface area contributed by atoms with E-state index in [-0.39, 0.29) is 157 Å². The van der Waals surface area contributed by atoms with Crippen molar-refractivity contribution in [1.29, 1.82) is 0 Å². The van der Waals surface area contributed by atoms with Gasteiger partial charge in [-0.15, -0.1) is 30.6 Å². The average Bonchev–Trinajstić information content (AvgIpc) is 3.12. The fraction of sp³-hybridized carbons (Fsp3) is 0.421. The number of aromatic carboxylic acids is 1. The Balaban J connectivity index is 0.000000470. The van der Waals surface area contributed by atoms with Crippen LogP contribution in [0.25, 0.3) is 0 Å². The number of hydrogen-bond donors (Lipinski definition) is 4. The molecule has 3 amide bonds. The van der Waals surface area contributed by atoms with Gasteiger partial charge in [0.15, 0.2) is 34.3 Å². The normalized spacial score (nSPS) is 11.4. The molecule has 0 bridgehead atoms. The Morgan fingerprint density at radius 1 is 0.516 bits per heavy atom. The summed E-state index contributed by atoms with van der Waals surface area (Å²) in [7, 11) is 0.241. The first kappa shape index (κ1) is 78.8. The van der Waals surface area contributed by atoms with Crippen LogP contribution in [0.1, 0.15) is 146 Å². The number of carbonyl (C=O) groups is 6. The van der Waals surface area contributed by atoms with Crippen molar-refractivity contribution in [3.05, 3.63) is 160 Å². The van der Waals surface area contributed by atoms with Gasteiger partial charge in [0.1, 0.15) is 24.2 Å². The quantitative estimate of drug-likeness (QED) is 0.0234. The summed E-state index contributed by atoms with van der Waals surface area (Å²) in [5.74, 6) is -3.17. The minimum Gasteiger partial charge on any atom is -0.870 e. The number of rotatable bonds is 28. The number of carbonyl (C=O) groups excluding carboxylic acids is 5. The van der Waals surface area contributed by atoms with Gasteiger partial charge < -0.3 is 31.3 Å². The number of methoxy groups -OCH3 is 1. The first-order valence-electron chi connectivity index (χ1n) is 28.5. The van der Waals surface area contributed by atoms with E-state index in [1.165, 1.54) is 72.4 Å². The molecular formula is C57H75F4LiN24O9. The second-order valence-electron chi connectivity index (χ2n) is 19.8. The van der Waals surface area contributed by atoms with Crippen LogP contribution in [-0.2, 0) is 63.6 Å². The number of aromatic nitrogens is 21. The molecule has 9 aromatic rings. The minimum absolute atomic E-state index is 0. The van der Waals surface area contributed by atoms with E-state index in [0.29, 0.717) is 12.1 Å². The summed E-state index contributed by atoms with van der Waals surface area (Å²) in [6.45, 7) is 8.75. The minimum atomic E-state index is -1.29. The molecule has 0 spiro atoms. The number of carboxylic acids is 1. The van der Waals surface area contributed by atoms with E-state index in [1.807, 2.05) is 57.2 Å². The molecule has 0 fully saturated rings. The molecule has 0 aromatic carbocycles. The van der Waals surface area contributed by atoms with Crippen LogP contribution in [0.4, 0.5) is 17.6 Å². The summed E-state index contributed by atoms with van der Waals surface area (Å²) in [4.78, 5) is 82.7. The van der Waals surface area contributed by atoms with Crippen molar-refractivity contribution in [3.63, 3.8) is 0 Å². The van der Waals surface area contributed by atoms with Crippen LogP contribution in [0.3, 0.4) is 0 Å². The number of amides is 3. The van der Waals surface area contributed by atoms with Crippen LogP contribution in [0.15, 0.2) is 92.2 Å². The molecule has 0 aliphatic rings. The SMILES string of the molecule is C.C.CCC(=O)c1cn(CCC(F)Cn2cc(C(=O)NCc3cc(C)ccn3)nn2)nn1.COC(=O)c1cn(CCC(F)Cn2cc(C(=O)NCc3cc(C)ccn3)nn2)nn1.Cc1ccnc(CNC(=O)c2cn(CC(F)CCn3cc(C(=O)O)nn3)nn2)c1.[2H]CF.[Li+].[OH-]. The molecule has 3 unspecified atom stereocenters. The summed E-state index contributed by atoms with van der Waals surface area (Å²) in [6, 6.07) is 11.2. The Bertz CT molecular complexity index is 3690. The van der Waals surface area contributed by atoms with E-state index in [4.69, 9.17) is 6.48 Å². The molecule has 3 atom stereocenters. The number of hydrogen-bond acceptors (Lipinski definition) is 23. The Kier molecular flexibility index (Phi) is 34.2. The number of halogens is 4. The molecule has 33 nitrogen and oxygen atoms in total. The van der Waals surface area contributed by atoms with Crippen LogP contribution in [-0.4, -0.2) is 184 Å². The van der Waals surface area contributed by atoms with Crippen molar-refractivity contribution in [1.82, 2.24) is 121 Å². The van der Waals surface area contributed by atoms with E-state index >= 15 is 0 Å². The summed E-state index contributed by atoms with van der Waals surface area (Å²) < 4.78 is 70.7. The van der Waals surface area contributed by atoms with Crippen LogP contribution in [0, 0.1) is 20.8 Å².